The summed E-state index contributed by atoms with van der Waals surface area (Å²) in [6.07, 6.45) is 4.32. The number of carbonyl (C=O) groups is 1. The van der Waals surface area contributed by atoms with Gasteiger partial charge < -0.3 is 4.74 Å². The highest BCUT2D eigenvalue weighted by Gasteiger charge is 2.30. The molecule has 2 rings (SSSR count). The number of allylic oxidation sites excluding steroid dienone is 4. The van der Waals surface area contributed by atoms with E-state index in [1.807, 2.05) is 6.08 Å². The van der Waals surface area contributed by atoms with Crippen molar-refractivity contribution in [1.29, 1.82) is 0 Å². The number of fused-ring (bicyclic) bond motifs is 1. The molecule has 1 aliphatic carbocycles. The average Bonchev–Trinajstić information content (AvgIpc) is 2.34. The number of ketones is 1. The largest absolute Gasteiger partial charge is 0.497 e. The lowest BCUT2D eigenvalue weighted by Crippen LogP contribution is -2.13. The van der Waals surface area contributed by atoms with E-state index >= 15 is 0 Å². The third-order valence-corrected chi connectivity index (χ3v) is 2.38. The summed E-state index contributed by atoms with van der Waals surface area (Å²) in [4.78, 5) is 11.3. The Labute approximate surface area is 73.0 Å². The van der Waals surface area contributed by atoms with Gasteiger partial charge in [0, 0.05) is 4.48 Å². The molecule has 0 saturated carbocycles. The topological polar surface area (TPSA) is 26.3 Å². The van der Waals surface area contributed by atoms with Crippen LogP contribution in [0.3, 0.4) is 0 Å². The van der Waals surface area contributed by atoms with Crippen molar-refractivity contribution in [2.24, 2.45) is 5.92 Å². The SMILES string of the molecule is O=C1C=C(Br)C=C2OCCC12. The number of rotatable bonds is 0. The smallest absolute Gasteiger partial charge is 0.167 e. The van der Waals surface area contributed by atoms with Gasteiger partial charge in [-0.1, -0.05) is 15.9 Å². The van der Waals surface area contributed by atoms with Crippen LogP contribution in [-0.2, 0) is 9.53 Å². The summed E-state index contributed by atoms with van der Waals surface area (Å²) in [6.45, 7) is 0.677. The summed E-state index contributed by atoms with van der Waals surface area (Å²) in [6, 6.07) is 0. The quantitative estimate of drug-likeness (QED) is 0.615. The Balaban J connectivity index is 2.36. The molecule has 0 aromatic heterocycles. The Kier molecular flexibility index (Phi) is 1.60. The molecule has 1 saturated heterocycles. The van der Waals surface area contributed by atoms with Gasteiger partial charge in [0.25, 0.3) is 0 Å². The van der Waals surface area contributed by atoms with E-state index in [2.05, 4.69) is 15.9 Å². The van der Waals surface area contributed by atoms with Crippen molar-refractivity contribution in [3.05, 3.63) is 22.4 Å². The monoisotopic (exact) mass is 214 g/mol. The minimum absolute atomic E-state index is 0.0105. The van der Waals surface area contributed by atoms with E-state index in [1.54, 1.807) is 6.08 Å². The van der Waals surface area contributed by atoms with Crippen LogP contribution in [-0.4, -0.2) is 12.4 Å². The Bertz CT molecular complexity index is 265. The van der Waals surface area contributed by atoms with Gasteiger partial charge in [0.15, 0.2) is 5.78 Å². The highest BCUT2D eigenvalue weighted by atomic mass is 79.9. The summed E-state index contributed by atoms with van der Waals surface area (Å²) >= 11 is 3.25. The van der Waals surface area contributed by atoms with Gasteiger partial charge in [0.1, 0.15) is 5.76 Å². The lowest BCUT2D eigenvalue weighted by molar-refractivity contribution is -0.117. The van der Waals surface area contributed by atoms with Crippen molar-refractivity contribution in [3.8, 4) is 0 Å². The van der Waals surface area contributed by atoms with Crippen molar-refractivity contribution in [1.82, 2.24) is 0 Å². The van der Waals surface area contributed by atoms with Crippen molar-refractivity contribution in [2.45, 2.75) is 6.42 Å². The summed E-state index contributed by atoms with van der Waals surface area (Å²) in [7, 11) is 0. The fraction of sp³-hybridized carbons (Fsp3) is 0.375. The van der Waals surface area contributed by atoms with Crippen LogP contribution in [0.25, 0.3) is 0 Å². The fourth-order valence-corrected chi connectivity index (χ4v) is 1.83. The van der Waals surface area contributed by atoms with Crippen LogP contribution >= 0.6 is 15.9 Å². The summed E-state index contributed by atoms with van der Waals surface area (Å²) in [5.41, 5.74) is 0. The molecule has 11 heavy (non-hydrogen) atoms. The van der Waals surface area contributed by atoms with Gasteiger partial charge in [-0.2, -0.15) is 0 Å². The van der Waals surface area contributed by atoms with Crippen molar-refractivity contribution in [3.63, 3.8) is 0 Å². The maximum Gasteiger partial charge on any atom is 0.167 e. The Hall–Kier alpha value is -0.570. The lowest BCUT2D eigenvalue weighted by Gasteiger charge is -2.10. The standard InChI is InChI=1S/C8H7BrO2/c9-5-3-7(10)6-1-2-11-8(6)4-5/h3-4,6H,1-2H2. The van der Waals surface area contributed by atoms with Gasteiger partial charge in [0.05, 0.1) is 12.5 Å². The maximum atomic E-state index is 11.3. The van der Waals surface area contributed by atoms with E-state index in [0.717, 1.165) is 16.7 Å². The average molecular weight is 215 g/mol. The van der Waals surface area contributed by atoms with Crippen molar-refractivity contribution < 1.29 is 9.53 Å². The highest BCUT2D eigenvalue weighted by Crippen LogP contribution is 2.32. The Morgan fingerprint density at radius 1 is 1.55 bits per heavy atom. The van der Waals surface area contributed by atoms with Crippen LogP contribution in [0.1, 0.15) is 6.42 Å². The zero-order valence-electron chi connectivity index (χ0n) is 5.84. The number of hydrogen-bond donors (Lipinski definition) is 0. The first-order valence-electron chi connectivity index (χ1n) is 3.53. The molecule has 0 radical (unpaired) electrons. The predicted octanol–water partition coefficient (Wildman–Crippen LogP) is 1.77. The van der Waals surface area contributed by atoms with Gasteiger partial charge in [-0.15, -0.1) is 0 Å². The van der Waals surface area contributed by atoms with Crippen LogP contribution in [0.2, 0.25) is 0 Å². The summed E-state index contributed by atoms with van der Waals surface area (Å²) in [5.74, 6) is 0.993. The normalized spacial score (nSPS) is 28.8. The molecule has 2 nitrogen and oxygen atoms in total. The van der Waals surface area contributed by atoms with Gasteiger partial charge in [0.2, 0.25) is 0 Å². The highest BCUT2D eigenvalue weighted by molar-refractivity contribution is 9.11. The molecule has 1 unspecified atom stereocenters. The van der Waals surface area contributed by atoms with E-state index in [9.17, 15) is 4.79 Å². The lowest BCUT2D eigenvalue weighted by atomic mass is 9.96. The van der Waals surface area contributed by atoms with Crippen molar-refractivity contribution in [2.75, 3.05) is 6.61 Å². The van der Waals surface area contributed by atoms with E-state index in [0.29, 0.717) is 6.61 Å². The molecule has 0 aromatic rings. The van der Waals surface area contributed by atoms with Gasteiger partial charge in [-0.3, -0.25) is 4.79 Å². The first-order valence-corrected chi connectivity index (χ1v) is 4.32. The maximum absolute atomic E-state index is 11.3. The molecule has 0 aromatic carbocycles. The number of hydrogen-bond acceptors (Lipinski definition) is 2. The molecule has 0 amide bonds. The van der Waals surface area contributed by atoms with Gasteiger partial charge >= 0.3 is 0 Å². The molecule has 58 valence electrons. The third-order valence-electron chi connectivity index (χ3n) is 1.92. The minimum atomic E-state index is 0.0105. The number of ether oxygens (including phenoxy) is 1. The third kappa shape index (κ3) is 1.13. The number of halogens is 1. The predicted molar refractivity (Wildman–Crippen MR) is 44.2 cm³/mol. The Morgan fingerprint density at radius 3 is 3.18 bits per heavy atom. The summed E-state index contributed by atoms with van der Waals surface area (Å²) in [5, 5.41) is 0. The number of carbonyl (C=O) groups excluding carboxylic acids is 1. The molecular weight excluding hydrogens is 208 g/mol. The van der Waals surface area contributed by atoms with E-state index in [-0.39, 0.29) is 11.7 Å². The molecule has 0 bridgehead atoms. The van der Waals surface area contributed by atoms with E-state index in [4.69, 9.17) is 4.74 Å². The molecule has 1 fully saturated rings. The van der Waals surface area contributed by atoms with Gasteiger partial charge in [-0.25, -0.2) is 0 Å². The fourth-order valence-electron chi connectivity index (χ4n) is 1.38. The second kappa shape index (κ2) is 2.48. The first-order chi connectivity index (χ1) is 5.27. The molecule has 0 N–H and O–H groups in total. The van der Waals surface area contributed by atoms with Crippen molar-refractivity contribution >= 4 is 21.7 Å². The zero-order chi connectivity index (χ0) is 7.84. The Morgan fingerprint density at radius 2 is 2.36 bits per heavy atom. The second-order valence-electron chi connectivity index (χ2n) is 2.67. The molecule has 2 aliphatic rings. The van der Waals surface area contributed by atoms with Crippen LogP contribution in [0.4, 0.5) is 0 Å². The van der Waals surface area contributed by atoms with Crippen LogP contribution in [0.5, 0.6) is 0 Å². The van der Waals surface area contributed by atoms with Gasteiger partial charge in [-0.05, 0) is 18.6 Å². The first kappa shape index (κ1) is 7.10. The molecule has 3 heteroatoms. The molecule has 1 aliphatic heterocycles. The molecule has 0 spiro atoms. The molecule has 1 atom stereocenters. The molecule has 1 heterocycles. The van der Waals surface area contributed by atoms with Crippen LogP contribution < -0.4 is 0 Å². The second-order valence-corrected chi connectivity index (χ2v) is 3.58. The molecular formula is C8H7BrO2. The minimum Gasteiger partial charge on any atom is -0.497 e. The van der Waals surface area contributed by atoms with E-state index < -0.39 is 0 Å². The summed E-state index contributed by atoms with van der Waals surface area (Å²) < 4.78 is 6.08. The van der Waals surface area contributed by atoms with Crippen LogP contribution in [0.15, 0.2) is 22.4 Å². The van der Waals surface area contributed by atoms with Crippen LogP contribution in [0, 0.1) is 5.92 Å². The zero-order valence-corrected chi connectivity index (χ0v) is 7.43. The van der Waals surface area contributed by atoms with E-state index in [1.165, 1.54) is 0 Å².